The van der Waals surface area contributed by atoms with Crippen LogP contribution < -0.4 is 0 Å². The van der Waals surface area contributed by atoms with Crippen molar-refractivity contribution < 1.29 is 9.53 Å². The van der Waals surface area contributed by atoms with Gasteiger partial charge in [-0.15, -0.1) is 5.73 Å². The zero-order valence-corrected chi connectivity index (χ0v) is 5.68. The van der Waals surface area contributed by atoms with E-state index in [1.807, 2.05) is 0 Å². The molecule has 2 heteroatoms. The van der Waals surface area contributed by atoms with Crippen LogP contribution in [0.5, 0.6) is 0 Å². The Morgan fingerprint density at radius 1 is 1.89 bits per heavy atom. The standard InChI is InChI=1S/C7H10O2/c1-4-5-6(2)9-7(3)8/h5-6H,1H2,2-3H3. The summed E-state index contributed by atoms with van der Waals surface area (Å²) in [6.45, 7) is 6.45. The zero-order valence-electron chi connectivity index (χ0n) is 5.68. The van der Waals surface area contributed by atoms with Crippen LogP contribution in [-0.4, -0.2) is 12.1 Å². The van der Waals surface area contributed by atoms with Gasteiger partial charge in [0.1, 0.15) is 6.10 Å². The Bertz CT molecular complexity index is 143. The smallest absolute Gasteiger partial charge is 0.303 e. The summed E-state index contributed by atoms with van der Waals surface area (Å²) in [7, 11) is 0. The van der Waals surface area contributed by atoms with Gasteiger partial charge in [-0.1, -0.05) is 6.58 Å². The molecule has 0 fully saturated rings. The highest BCUT2D eigenvalue weighted by molar-refractivity contribution is 5.66. The molecule has 1 unspecified atom stereocenters. The molecular weight excluding hydrogens is 116 g/mol. The van der Waals surface area contributed by atoms with Crippen LogP contribution in [0.25, 0.3) is 0 Å². The molecule has 0 aliphatic heterocycles. The van der Waals surface area contributed by atoms with E-state index < -0.39 is 0 Å². The Labute approximate surface area is 54.8 Å². The number of carbonyl (C=O) groups is 1. The fourth-order valence-corrected chi connectivity index (χ4v) is 0.462. The molecular formula is C7H10O2. The van der Waals surface area contributed by atoms with E-state index in [2.05, 4.69) is 12.3 Å². The maximum Gasteiger partial charge on any atom is 0.303 e. The maximum atomic E-state index is 10.2. The molecule has 0 radical (unpaired) electrons. The van der Waals surface area contributed by atoms with Crippen LogP contribution in [0.2, 0.25) is 0 Å². The summed E-state index contributed by atoms with van der Waals surface area (Å²) in [4.78, 5) is 10.2. The van der Waals surface area contributed by atoms with E-state index in [0.29, 0.717) is 0 Å². The highest BCUT2D eigenvalue weighted by Crippen LogP contribution is 1.90. The van der Waals surface area contributed by atoms with Crippen LogP contribution in [0.1, 0.15) is 13.8 Å². The van der Waals surface area contributed by atoms with Crippen molar-refractivity contribution in [2.24, 2.45) is 0 Å². The molecule has 0 spiro atoms. The molecule has 0 saturated carbocycles. The molecule has 0 heterocycles. The summed E-state index contributed by atoms with van der Waals surface area (Å²) in [5.74, 6) is -0.283. The molecule has 0 aromatic rings. The van der Waals surface area contributed by atoms with Crippen LogP contribution in [-0.2, 0) is 9.53 Å². The van der Waals surface area contributed by atoms with Gasteiger partial charge in [0.05, 0.1) is 0 Å². The predicted octanol–water partition coefficient (Wildman–Crippen LogP) is 1.28. The zero-order chi connectivity index (χ0) is 7.28. The summed E-state index contributed by atoms with van der Waals surface area (Å²) in [6.07, 6.45) is 1.38. The highest BCUT2D eigenvalue weighted by Gasteiger charge is 1.97. The van der Waals surface area contributed by atoms with Gasteiger partial charge in [0, 0.05) is 6.92 Å². The van der Waals surface area contributed by atoms with Gasteiger partial charge >= 0.3 is 5.97 Å². The molecule has 0 bridgehead atoms. The van der Waals surface area contributed by atoms with E-state index >= 15 is 0 Å². The summed E-state index contributed by atoms with van der Waals surface area (Å²) in [5.41, 5.74) is 2.52. The van der Waals surface area contributed by atoms with Gasteiger partial charge < -0.3 is 4.74 Å². The number of hydrogen-bond acceptors (Lipinski definition) is 2. The maximum absolute atomic E-state index is 10.2. The monoisotopic (exact) mass is 126 g/mol. The minimum atomic E-state index is -0.283. The Balaban J connectivity index is 3.62. The Morgan fingerprint density at radius 3 is 2.78 bits per heavy atom. The van der Waals surface area contributed by atoms with Gasteiger partial charge in [0.25, 0.3) is 0 Å². The van der Waals surface area contributed by atoms with E-state index in [1.165, 1.54) is 6.92 Å². The topological polar surface area (TPSA) is 26.3 Å². The molecule has 0 aliphatic rings. The molecule has 0 aromatic carbocycles. The van der Waals surface area contributed by atoms with E-state index in [0.717, 1.165) is 0 Å². The van der Waals surface area contributed by atoms with Gasteiger partial charge in [-0.25, -0.2) is 0 Å². The third-order valence-corrected chi connectivity index (χ3v) is 0.704. The van der Waals surface area contributed by atoms with Crippen molar-refractivity contribution in [1.82, 2.24) is 0 Å². The third kappa shape index (κ3) is 4.85. The molecule has 0 saturated heterocycles. The Kier molecular flexibility index (Phi) is 3.49. The van der Waals surface area contributed by atoms with Gasteiger partial charge in [-0.05, 0) is 13.0 Å². The number of hydrogen-bond donors (Lipinski definition) is 0. The molecule has 50 valence electrons. The minimum absolute atomic E-state index is 0.208. The molecule has 0 aliphatic carbocycles. The average Bonchev–Trinajstić information content (AvgIpc) is 1.63. The Morgan fingerprint density at radius 2 is 2.44 bits per heavy atom. The SMILES string of the molecule is C=C=CC(C)OC(C)=O. The molecule has 0 amide bonds. The lowest BCUT2D eigenvalue weighted by Crippen LogP contribution is -2.08. The molecule has 1 atom stereocenters. The summed E-state index contributed by atoms with van der Waals surface area (Å²) in [6, 6.07) is 0. The lowest BCUT2D eigenvalue weighted by molar-refractivity contribution is -0.143. The first-order chi connectivity index (χ1) is 4.16. The Hall–Kier alpha value is -1.01. The molecule has 9 heavy (non-hydrogen) atoms. The largest absolute Gasteiger partial charge is 0.458 e. The first-order valence-corrected chi connectivity index (χ1v) is 2.70. The van der Waals surface area contributed by atoms with Crippen molar-refractivity contribution in [2.75, 3.05) is 0 Å². The van der Waals surface area contributed by atoms with Gasteiger partial charge in [0.2, 0.25) is 0 Å². The highest BCUT2D eigenvalue weighted by atomic mass is 16.5. The van der Waals surface area contributed by atoms with Crippen LogP contribution in [0.15, 0.2) is 18.4 Å². The number of ether oxygens (including phenoxy) is 1. The number of rotatable bonds is 2. The van der Waals surface area contributed by atoms with Crippen molar-refractivity contribution >= 4 is 5.97 Å². The molecule has 2 nitrogen and oxygen atoms in total. The molecule has 0 rings (SSSR count). The van der Waals surface area contributed by atoms with Gasteiger partial charge in [-0.2, -0.15) is 0 Å². The minimum Gasteiger partial charge on any atom is -0.458 e. The fourth-order valence-electron chi connectivity index (χ4n) is 0.462. The van der Waals surface area contributed by atoms with Crippen molar-refractivity contribution in [3.8, 4) is 0 Å². The second-order valence-corrected chi connectivity index (χ2v) is 1.69. The number of carbonyl (C=O) groups excluding carboxylic acids is 1. The van der Waals surface area contributed by atoms with Crippen molar-refractivity contribution in [2.45, 2.75) is 20.0 Å². The van der Waals surface area contributed by atoms with E-state index in [9.17, 15) is 4.79 Å². The van der Waals surface area contributed by atoms with Crippen molar-refractivity contribution in [3.05, 3.63) is 18.4 Å². The predicted molar refractivity (Wildman–Crippen MR) is 34.9 cm³/mol. The average molecular weight is 126 g/mol. The van der Waals surface area contributed by atoms with Gasteiger partial charge in [-0.3, -0.25) is 4.79 Å². The lowest BCUT2D eigenvalue weighted by atomic mass is 10.4. The fraction of sp³-hybridized carbons (Fsp3) is 0.429. The van der Waals surface area contributed by atoms with Crippen LogP contribution >= 0.6 is 0 Å². The third-order valence-electron chi connectivity index (χ3n) is 0.704. The van der Waals surface area contributed by atoms with Gasteiger partial charge in [0.15, 0.2) is 0 Å². The van der Waals surface area contributed by atoms with E-state index in [-0.39, 0.29) is 12.1 Å². The first-order valence-electron chi connectivity index (χ1n) is 2.70. The van der Waals surface area contributed by atoms with Crippen molar-refractivity contribution in [1.29, 1.82) is 0 Å². The second-order valence-electron chi connectivity index (χ2n) is 1.69. The second kappa shape index (κ2) is 3.93. The molecule has 0 N–H and O–H groups in total. The summed E-state index contributed by atoms with van der Waals surface area (Å²) >= 11 is 0. The molecule has 0 aromatic heterocycles. The lowest BCUT2D eigenvalue weighted by Gasteiger charge is -2.03. The quantitative estimate of drug-likeness (QED) is 0.411. The number of esters is 1. The summed E-state index contributed by atoms with van der Waals surface area (Å²) < 4.78 is 4.69. The van der Waals surface area contributed by atoms with Crippen LogP contribution in [0.4, 0.5) is 0 Å². The normalized spacial score (nSPS) is 11.3. The van der Waals surface area contributed by atoms with E-state index in [1.54, 1.807) is 13.0 Å². The van der Waals surface area contributed by atoms with Crippen LogP contribution in [0.3, 0.4) is 0 Å². The summed E-state index contributed by atoms with van der Waals surface area (Å²) in [5, 5.41) is 0. The van der Waals surface area contributed by atoms with Crippen molar-refractivity contribution in [3.63, 3.8) is 0 Å². The first kappa shape index (κ1) is 7.99. The van der Waals surface area contributed by atoms with E-state index in [4.69, 9.17) is 4.74 Å². The van der Waals surface area contributed by atoms with Crippen LogP contribution in [0, 0.1) is 0 Å².